The Morgan fingerprint density at radius 2 is 2.17 bits per heavy atom. The number of likely N-dealkylation sites (N-methyl/N-ethyl adjacent to an activating group) is 1. The Morgan fingerprint density at radius 1 is 1.42 bits per heavy atom. The first kappa shape index (κ1) is 9.33. The highest BCUT2D eigenvalue weighted by Gasteiger charge is 2.11. The van der Waals surface area contributed by atoms with Gasteiger partial charge in [-0.3, -0.25) is 0 Å². The van der Waals surface area contributed by atoms with Gasteiger partial charge in [0.1, 0.15) is 5.76 Å². The fraction of sp³-hybridized carbons (Fsp3) is 0.600. The molecule has 0 aromatic carbocycles. The highest BCUT2D eigenvalue weighted by Crippen LogP contribution is 2.04. The first-order valence-electron chi connectivity index (χ1n) is 4.48. The van der Waals surface area contributed by atoms with Crippen molar-refractivity contribution in [3.63, 3.8) is 0 Å². The third-order valence-electron chi connectivity index (χ3n) is 2.40. The van der Waals surface area contributed by atoms with E-state index in [1.807, 2.05) is 12.1 Å². The molecule has 0 aliphatic heterocycles. The lowest BCUT2D eigenvalue weighted by Gasteiger charge is -2.27. The summed E-state index contributed by atoms with van der Waals surface area (Å²) in [5.41, 5.74) is 0. The van der Waals surface area contributed by atoms with Crippen LogP contribution in [0.3, 0.4) is 0 Å². The largest absolute Gasteiger partial charge is 0.469 e. The lowest BCUT2D eigenvalue weighted by Crippen LogP contribution is -2.40. The molecule has 0 saturated carbocycles. The average Bonchev–Trinajstić information content (AvgIpc) is 2.53. The van der Waals surface area contributed by atoms with Crippen molar-refractivity contribution < 1.29 is 8.90 Å². The minimum atomic E-state index is 1.04. The van der Waals surface area contributed by atoms with E-state index in [2.05, 4.69) is 21.0 Å². The number of rotatable bonds is 4. The van der Waals surface area contributed by atoms with Gasteiger partial charge in [0, 0.05) is 0 Å². The Hall–Kier alpha value is -0.760. The fourth-order valence-corrected chi connectivity index (χ4v) is 1.03. The van der Waals surface area contributed by atoms with E-state index in [0.29, 0.717) is 0 Å². The third kappa shape index (κ3) is 2.70. The molecular formula is C10H18NO+. The molecule has 1 heterocycles. The van der Waals surface area contributed by atoms with E-state index >= 15 is 0 Å². The summed E-state index contributed by atoms with van der Waals surface area (Å²) in [5.74, 6) is 1.09. The molecule has 12 heavy (non-hydrogen) atoms. The summed E-state index contributed by atoms with van der Waals surface area (Å²) in [6.07, 6.45) is 2.77. The maximum absolute atomic E-state index is 5.26. The van der Waals surface area contributed by atoms with Crippen LogP contribution in [-0.2, 0) is 6.42 Å². The average molecular weight is 168 g/mol. The second-order valence-electron chi connectivity index (χ2n) is 3.80. The van der Waals surface area contributed by atoms with Gasteiger partial charge in [-0.15, -0.1) is 0 Å². The van der Waals surface area contributed by atoms with Crippen molar-refractivity contribution in [1.29, 1.82) is 0 Å². The van der Waals surface area contributed by atoms with Gasteiger partial charge < -0.3 is 8.90 Å². The van der Waals surface area contributed by atoms with Crippen LogP contribution in [0.1, 0.15) is 12.7 Å². The molecule has 0 unspecified atom stereocenters. The highest BCUT2D eigenvalue weighted by molar-refractivity contribution is 4.97. The predicted molar refractivity (Wildman–Crippen MR) is 49.9 cm³/mol. The maximum atomic E-state index is 5.26. The van der Waals surface area contributed by atoms with E-state index in [-0.39, 0.29) is 0 Å². The van der Waals surface area contributed by atoms with Crippen LogP contribution in [0.5, 0.6) is 0 Å². The molecule has 0 fully saturated rings. The minimum Gasteiger partial charge on any atom is -0.469 e. The highest BCUT2D eigenvalue weighted by atomic mass is 16.3. The van der Waals surface area contributed by atoms with Gasteiger partial charge in [0.15, 0.2) is 0 Å². The molecule has 68 valence electrons. The van der Waals surface area contributed by atoms with Gasteiger partial charge in [-0.25, -0.2) is 0 Å². The molecule has 0 atom stereocenters. The molecule has 2 heteroatoms. The summed E-state index contributed by atoms with van der Waals surface area (Å²) in [6, 6.07) is 3.98. The van der Waals surface area contributed by atoms with Crippen LogP contribution in [0.2, 0.25) is 0 Å². The van der Waals surface area contributed by atoms with Crippen molar-refractivity contribution in [2.75, 3.05) is 27.2 Å². The molecular weight excluding hydrogens is 150 g/mol. The molecule has 0 radical (unpaired) electrons. The van der Waals surface area contributed by atoms with E-state index in [1.54, 1.807) is 6.26 Å². The summed E-state index contributed by atoms with van der Waals surface area (Å²) in [4.78, 5) is 0. The smallest absolute Gasteiger partial charge is 0.109 e. The maximum Gasteiger partial charge on any atom is 0.109 e. The molecule has 1 rings (SSSR count). The zero-order valence-electron chi connectivity index (χ0n) is 8.21. The quantitative estimate of drug-likeness (QED) is 0.626. The summed E-state index contributed by atoms with van der Waals surface area (Å²) >= 11 is 0. The zero-order valence-corrected chi connectivity index (χ0v) is 8.21. The molecule has 2 nitrogen and oxygen atoms in total. The van der Waals surface area contributed by atoms with E-state index in [4.69, 9.17) is 4.42 Å². The normalized spacial score (nSPS) is 11.9. The van der Waals surface area contributed by atoms with Gasteiger partial charge in [0.25, 0.3) is 0 Å². The SMILES string of the molecule is CC[N+](C)(C)CCc1ccco1. The zero-order chi connectivity index (χ0) is 9.03. The number of furan rings is 1. The molecule has 0 saturated heterocycles. The number of quaternary nitrogens is 1. The topological polar surface area (TPSA) is 13.1 Å². The second-order valence-corrected chi connectivity index (χ2v) is 3.80. The standard InChI is InChI=1S/C10H18NO/c1-4-11(2,3)8-7-10-6-5-9-12-10/h5-6,9H,4,7-8H2,1-3H3/q+1. The molecule has 1 aromatic rings. The number of nitrogens with zero attached hydrogens (tertiary/aromatic N) is 1. The van der Waals surface area contributed by atoms with E-state index < -0.39 is 0 Å². The van der Waals surface area contributed by atoms with Crippen molar-refractivity contribution in [2.45, 2.75) is 13.3 Å². The van der Waals surface area contributed by atoms with Crippen LogP contribution in [-0.4, -0.2) is 31.7 Å². The minimum absolute atomic E-state index is 1.04. The molecule has 1 aromatic heterocycles. The summed E-state index contributed by atoms with van der Waals surface area (Å²) in [6.45, 7) is 4.52. The lowest BCUT2D eigenvalue weighted by atomic mass is 10.3. The summed E-state index contributed by atoms with van der Waals surface area (Å²) in [5, 5.41) is 0. The van der Waals surface area contributed by atoms with Crippen molar-refractivity contribution in [3.05, 3.63) is 24.2 Å². The third-order valence-corrected chi connectivity index (χ3v) is 2.40. The van der Waals surface area contributed by atoms with E-state index in [9.17, 15) is 0 Å². The van der Waals surface area contributed by atoms with Crippen LogP contribution >= 0.6 is 0 Å². The van der Waals surface area contributed by atoms with Crippen LogP contribution in [0.4, 0.5) is 0 Å². The Bertz CT molecular complexity index is 214. The Balaban J connectivity index is 2.36. The molecule has 0 N–H and O–H groups in total. The van der Waals surface area contributed by atoms with Crippen LogP contribution in [0.15, 0.2) is 22.8 Å². The summed E-state index contributed by atoms with van der Waals surface area (Å²) < 4.78 is 6.32. The van der Waals surface area contributed by atoms with Crippen molar-refractivity contribution in [2.24, 2.45) is 0 Å². The molecule has 0 amide bonds. The molecule has 0 aliphatic rings. The van der Waals surface area contributed by atoms with Crippen molar-refractivity contribution in [3.8, 4) is 0 Å². The van der Waals surface area contributed by atoms with Crippen LogP contribution < -0.4 is 0 Å². The first-order chi connectivity index (χ1) is 5.64. The number of hydrogen-bond acceptors (Lipinski definition) is 1. The monoisotopic (exact) mass is 168 g/mol. The molecule has 0 spiro atoms. The van der Waals surface area contributed by atoms with Crippen molar-refractivity contribution in [1.82, 2.24) is 0 Å². The fourth-order valence-electron chi connectivity index (χ4n) is 1.03. The Labute approximate surface area is 74.4 Å². The predicted octanol–water partition coefficient (Wildman–Crippen LogP) is 1.92. The lowest BCUT2D eigenvalue weighted by molar-refractivity contribution is -0.888. The molecule has 0 bridgehead atoms. The van der Waals surface area contributed by atoms with Gasteiger partial charge in [0.2, 0.25) is 0 Å². The van der Waals surface area contributed by atoms with Crippen LogP contribution in [0, 0.1) is 0 Å². The van der Waals surface area contributed by atoms with Gasteiger partial charge in [-0.1, -0.05) is 0 Å². The first-order valence-corrected chi connectivity index (χ1v) is 4.48. The Kier molecular flexibility index (Phi) is 2.93. The van der Waals surface area contributed by atoms with Gasteiger partial charge in [0.05, 0.1) is 39.9 Å². The van der Waals surface area contributed by atoms with Gasteiger partial charge >= 0.3 is 0 Å². The number of hydrogen-bond donors (Lipinski definition) is 0. The second kappa shape index (κ2) is 3.76. The van der Waals surface area contributed by atoms with Gasteiger partial charge in [-0.2, -0.15) is 0 Å². The van der Waals surface area contributed by atoms with Crippen molar-refractivity contribution >= 4 is 0 Å². The Morgan fingerprint density at radius 3 is 2.67 bits per heavy atom. The molecule has 0 aliphatic carbocycles. The van der Waals surface area contributed by atoms with E-state index in [1.165, 1.54) is 6.54 Å². The van der Waals surface area contributed by atoms with Crippen LogP contribution in [0.25, 0.3) is 0 Å². The van der Waals surface area contributed by atoms with Gasteiger partial charge in [-0.05, 0) is 19.1 Å². The summed E-state index contributed by atoms with van der Waals surface area (Å²) in [7, 11) is 4.48. The van der Waals surface area contributed by atoms with E-state index in [0.717, 1.165) is 23.2 Å².